The number of hydrogen-bond donors (Lipinski definition) is 1. The number of carbonyl (C=O) groups is 2. The molecule has 0 unspecified atom stereocenters. The molecule has 0 bridgehead atoms. The Hall–Kier alpha value is -3.31. The first kappa shape index (κ1) is 25.3. The SMILES string of the molecule is CNC(=O)[C@H](Cc1ccccc1)N(Cc1ccc(C)cc1)C(=O)COc1cc(C)c(Cl)c(C)c1. The summed E-state index contributed by atoms with van der Waals surface area (Å²) >= 11 is 6.26. The van der Waals surface area contributed by atoms with Gasteiger partial charge in [0.2, 0.25) is 5.91 Å². The maximum absolute atomic E-state index is 13.5. The van der Waals surface area contributed by atoms with Gasteiger partial charge in [0, 0.05) is 25.0 Å². The van der Waals surface area contributed by atoms with Gasteiger partial charge in [-0.15, -0.1) is 0 Å². The average Bonchev–Trinajstić information content (AvgIpc) is 2.84. The van der Waals surface area contributed by atoms with Gasteiger partial charge in [-0.3, -0.25) is 9.59 Å². The number of nitrogens with one attached hydrogen (secondary N) is 1. The van der Waals surface area contributed by atoms with E-state index < -0.39 is 6.04 Å². The van der Waals surface area contributed by atoms with Crippen LogP contribution in [0.1, 0.15) is 27.8 Å². The van der Waals surface area contributed by atoms with E-state index in [1.54, 1.807) is 11.9 Å². The molecule has 3 aromatic rings. The van der Waals surface area contributed by atoms with Gasteiger partial charge in [-0.2, -0.15) is 0 Å². The normalized spacial score (nSPS) is 11.6. The smallest absolute Gasteiger partial charge is 0.261 e. The first-order chi connectivity index (χ1) is 16.3. The van der Waals surface area contributed by atoms with E-state index in [9.17, 15) is 9.59 Å². The standard InChI is InChI=1S/C28H31ClN2O3/c1-19-10-12-23(13-11-19)17-31(25(28(33)30-4)16-22-8-6-5-7-9-22)26(32)18-34-24-14-20(2)27(29)21(3)15-24/h5-15,25H,16-18H2,1-4H3,(H,30,33)/t25-/m0/s1. The summed E-state index contributed by atoms with van der Waals surface area (Å²) in [7, 11) is 1.59. The zero-order chi connectivity index (χ0) is 24.7. The van der Waals surface area contributed by atoms with Crippen LogP contribution in [0.4, 0.5) is 0 Å². The molecule has 0 saturated carbocycles. The van der Waals surface area contributed by atoms with Crippen molar-refractivity contribution in [3.63, 3.8) is 0 Å². The van der Waals surface area contributed by atoms with Crippen LogP contribution < -0.4 is 10.1 Å². The summed E-state index contributed by atoms with van der Waals surface area (Å²) in [6, 6.07) is 20.6. The fourth-order valence-electron chi connectivity index (χ4n) is 3.83. The maximum Gasteiger partial charge on any atom is 0.261 e. The summed E-state index contributed by atoms with van der Waals surface area (Å²) < 4.78 is 5.85. The molecule has 0 aliphatic rings. The van der Waals surface area contributed by atoms with Gasteiger partial charge < -0.3 is 15.0 Å². The monoisotopic (exact) mass is 478 g/mol. The molecule has 0 fully saturated rings. The summed E-state index contributed by atoms with van der Waals surface area (Å²) in [5, 5.41) is 3.40. The van der Waals surface area contributed by atoms with Crippen LogP contribution >= 0.6 is 11.6 Å². The minimum Gasteiger partial charge on any atom is -0.484 e. The highest BCUT2D eigenvalue weighted by Crippen LogP contribution is 2.26. The number of amides is 2. The molecule has 0 radical (unpaired) electrons. The summed E-state index contributed by atoms with van der Waals surface area (Å²) in [5.74, 6) is 0.0837. The molecule has 5 nitrogen and oxygen atoms in total. The second kappa shape index (κ2) is 11.7. The van der Waals surface area contributed by atoms with Crippen LogP contribution in [0.2, 0.25) is 5.02 Å². The number of halogens is 1. The van der Waals surface area contributed by atoms with E-state index in [0.717, 1.165) is 27.8 Å². The summed E-state index contributed by atoms with van der Waals surface area (Å²) in [4.78, 5) is 28.0. The number of rotatable bonds is 9. The highest BCUT2D eigenvalue weighted by atomic mass is 35.5. The van der Waals surface area contributed by atoms with E-state index in [1.165, 1.54) is 0 Å². The number of ether oxygens (including phenoxy) is 1. The molecule has 2 amide bonds. The predicted molar refractivity (Wildman–Crippen MR) is 136 cm³/mol. The van der Waals surface area contributed by atoms with Gasteiger partial charge in [0.25, 0.3) is 5.91 Å². The Balaban J connectivity index is 1.88. The van der Waals surface area contributed by atoms with Crippen molar-refractivity contribution in [2.24, 2.45) is 0 Å². The van der Waals surface area contributed by atoms with Crippen molar-refractivity contribution in [1.29, 1.82) is 0 Å². The molecule has 0 aliphatic carbocycles. The Morgan fingerprint density at radius 1 is 0.941 bits per heavy atom. The van der Waals surface area contributed by atoms with Crippen LogP contribution in [0.3, 0.4) is 0 Å². The molecule has 0 aliphatic heterocycles. The zero-order valence-corrected chi connectivity index (χ0v) is 20.9. The molecule has 3 rings (SSSR count). The maximum atomic E-state index is 13.5. The van der Waals surface area contributed by atoms with Gasteiger partial charge in [-0.05, 0) is 55.2 Å². The Bertz CT molecular complexity index is 1110. The van der Waals surface area contributed by atoms with Crippen LogP contribution in [-0.2, 0) is 22.6 Å². The molecule has 0 spiro atoms. The van der Waals surface area contributed by atoms with Crippen molar-refractivity contribution in [2.45, 2.75) is 39.8 Å². The van der Waals surface area contributed by atoms with E-state index in [2.05, 4.69) is 5.32 Å². The number of hydrogen-bond acceptors (Lipinski definition) is 3. The van der Waals surface area contributed by atoms with Gasteiger partial charge in [0.1, 0.15) is 11.8 Å². The molecule has 3 aromatic carbocycles. The molecular weight excluding hydrogens is 448 g/mol. The lowest BCUT2D eigenvalue weighted by Crippen LogP contribution is -2.51. The third kappa shape index (κ3) is 6.61. The molecular formula is C28H31ClN2O3. The molecule has 1 atom stereocenters. The van der Waals surface area contributed by atoms with E-state index in [4.69, 9.17) is 16.3 Å². The number of nitrogens with zero attached hydrogens (tertiary/aromatic N) is 1. The second-order valence-corrected chi connectivity index (χ2v) is 8.86. The molecule has 6 heteroatoms. The van der Waals surface area contributed by atoms with Crippen molar-refractivity contribution in [2.75, 3.05) is 13.7 Å². The van der Waals surface area contributed by atoms with Crippen molar-refractivity contribution >= 4 is 23.4 Å². The predicted octanol–water partition coefficient (Wildman–Crippen LogP) is 5.03. The average molecular weight is 479 g/mol. The second-order valence-electron chi connectivity index (χ2n) is 8.49. The van der Waals surface area contributed by atoms with Crippen molar-refractivity contribution < 1.29 is 14.3 Å². The van der Waals surface area contributed by atoms with Crippen LogP contribution in [-0.4, -0.2) is 36.4 Å². The van der Waals surface area contributed by atoms with Gasteiger partial charge in [0.15, 0.2) is 6.61 Å². The third-order valence-electron chi connectivity index (χ3n) is 5.76. The fraction of sp³-hybridized carbons (Fsp3) is 0.286. The summed E-state index contributed by atoms with van der Waals surface area (Å²) in [6.45, 7) is 5.92. The van der Waals surface area contributed by atoms with Gasteiger partial charge in [0.05, 0.1) is 0 Å². The molecule has 0 heterocycles. The lowest BCUT2D eigenvalue weighted by Gasteiger charge is -2.31. The first-order valence-corrected chi connectivity index (χ1v) is 11.7. The lowest BCUT2D eigenvalue weighted by molar-refractivity contribution is -0.142. The van der Waals surface area contributed by atoms with Gasteiger partial charge in [-0.25, -0.2) is 0 Å². The zero-order valence-electron chi connectivity index (χ0n) is 20.1. The molecule has 0 saturated heterocycles. The topological polar surface area (TPSA) is 58.6 Å². The highest BCUT2D eigenvalue weighted by molar-refractivity contribution is 6.32. The quantitative estimate of drug-likeness (QED) is 0.469. The number of carbonyl (C=O) groups excluding carboxylic acids is 2. The number of benzene rings is 3. The van der Waals surface area contributed by atoms with Crippen LogP contribution in [0.25, 0.3) is 0 Å². The van der Waals surface area contributed by atoms with Gasteiger partial charge >= 0.3 is 0 Å². The van der Waals surface area contributed by atoms with Crippen molar-refractivity contribution in [1.82, 2.24) is 10.2 Å². The first-order valence-electron chi connectivity index (χ1n) is 11.3. The molecule has 34 heavy (non-hydrogen) atoms. The minimum atomic E-state index is -0.682. The molecule has 1 N–H and O–H groups in total. The minimum absolute atomic E-state index is 0.186. The van der Waals surface area contributed by atoms with Crippen molar-refractivity contribution in [3.8, 4) is 5.75 Å². The lowest BCUT2D eigenvalue weighted by atomic mass is 10.0. The number of aryl methyl sites for hydroxylation is 3. The Labute approximate surface area is 206 Å². The summed E-state index contributed by atoms with van der Waals surface area (Å²) in [6.07, 6.45) is 0.400. The fourth-order valence-corrected chi connectivity index (χ4v) is 3.94. The number of likely N-dealkylation sites (N-methyl/N-ethyl adjacent to an activating group) is 1. The molecule has 178 valence electrons. The van der Waals surface area contributed by atoms with Crippen LogP contribution in [0.15, 0.2) is 66.7 Å². The van der Waals surface area contributed by atoms with Crippen LogP contribution in [0, 0.1) is 20.8 Å². The van der Waals surface area contributed by atoms with Gasteiger partial charge in [-0.1, -0.05) is 71.8 Å². The summed E-state index contributed by atoms with van der Waals surface area (Å²) in [5.41, 5.74) is 4.81. The Morgan fingerprint density at radius 2 is 1.56 bits per heavy atom. The van der Waals surface area contributed by atoms with E-state index >= 15 is 0 Å². The Kier molecular flexibility index (Phi) is 8.72. The molecule has 0 aromatic heterocycles. The van der Waals surface area contributed by atoms with Crippen LogP contribution in [0.5, 0.6) is 5.75 Å². The Morgan fingerprint density at radius 3 is 2.15 bits per heavy atom. The largest absolute Gasteiger partial charge is 0.484 e. The van der Waals surface area contributed by atoms with E-state index in [0.29, 0.717) is 23.7 Å². The third-order valence-corrected chi connectivity index (χ3v) is 6.36. The van der Waals surface area contributed by atoms with Crippen molar-refractivity contribution in [3.05, 3.63) is 99.6 Å². The highest BCUT2D eigenvalue weighted by Gasteiger charge is 2.30. The van der Waals surface area contributed by atoms with E-state index in [-0.39, 0.29) is 18.4 Å². The van der Waals surface area contributed by atoms with E-state index in [1.807, 2.05) is 87.5 Å².